The molecule has 1 N–H and O–H groups in total. The van der Waals surface area contributed by atoms with Crippen molar-refractivity contribution in [3.05, 3.63) is 84.7 Å². The van der Waals surface area contributed by atoms with Crippen LogP contribution in [0.5, 0.6) is 0 Å². The van der Waals surface area contributed by atoms with Crippen molar-refractivity contribution in [1.29, 1.82) is 0 Å². The van der Waals surface area contributed by atoms with Crippen molar-refractivity contribution in [2.75, 3.05) is 11.1 Å². The molecule has 0 spiro atoms. The van der Waals surface area contributed by atoms with Gasteiger partial charge in [0.25, 0.3) is 0 Å². The average molecular weight is 455 g/mol. The first-order valence-electron chi connectivity index (χ1n) is 9.43. The summed E-state index contributed by atoms with van der Waals surface area (Å²) >= 11 is 1.13. The second-order valence-corrected chi connectivity index (χ2v) is 7.57. The third kappa shape index (κ3) is 4.97. The Labute approximate surface area is 185 Å². The number of anilines is 1. The summed E-state index contributed by atoms with van der Waals surface area (Å²) in [5.41, 5.74) is 1.05. The first-order chi connectivity index (χ1) is 15.4. The molecule has 0 saturated heterocycles. The Bertz CT molecular complexity index is 1200. The number of nitrogens with zero attached hydrogens (tertiary/aromatic N) is 4. The highest BCUT2D eigenvalue weighted by Crippen LogP contribution is 2.32. The number of hydrogen-bond donors (Lipinski definition) is 1. The van der Waals surface area contributed by atoms with Crippen LogP contribution in [0.15, 0.2) is 84.3 Å². The lowest BCUT2D eigenvalue weighted by Crippen LogP contribution is -2.14. The first kappa shape index (κ1) is 21.6. The van der Waals surface area contributed by atoms with Crippen molar-refractivity contribution in [3.63, 3.8) is 0 Å². The van der Waals surface area contributed by atoms with Gasteiger partial charge >= 0.3 is 6.18 Å². The quantitative estimate of drug-likeness (QED) is 0.411. The average Bonchev–Trinajstić information content (AvgIpc) is 3.22. The van der Waals surface area contributed by atoms with Gasteiger partial charge in [0.15, 0.2) is 11.0 Å². The lowest BCUT2D eigenvalue weighted by molar-refractivity contribution is -0.137. The zero-order chi connectivity index (χ0) is 22.6. The summed E-state index contributed by atoms with van der Waals surface area (Å²) in [6, 6.07) is 17.2. The van der Waals surface area contributed by atoms with E-state index < -0.39 is 11.7 Å². The number of thioether (sulfide) groups is 1. The molecule has 162 valence electrons. The van der Waals surface area contributed by atoms with Gasteiger partial charge in [-0.3, -0.25) is 14.3 Å². The van der Waals surface area contributed by atoms with Crippen molar-refractivity contribution in [2.24, 2.45) is 0 Å². The van der Waals surface area contributed by atoms with Crippen LogP contribution in [-0.2, 0) is 11.0 Å². The normalized spacial score (nSPS) is 11.3. The third-order valence-corrected chi connectivity index (χ3v) is 5.34. The minimum absolute atomic E-state index is 0.0456. The van der Waals surface area contributed by atoms with Crippen molar-refractivity contribution in [3.8, 4) is 17.1 Å². The molecule has 0 aliphatic heterocycles. The van der Waals surface area contributed by atoms with Gasteiger partial charge < -0.3 is 5.32 Å². The molecule has 1 amide bonds. The summed E-state index contributed by atoms with van der Waals surface area (Å²) < 4.78 is 40.6. The number of aromatic nitrogens is 4. The minimum atomic E-state index is -4.44. The molecular weight excluding hydrogens is 439 g/mol. The fourth-order valence-corrected chi connectivity index (χ4v) is 3.68. The number of hydrogen-bond acceptors (Lipinski definition) is 5. The summed E-state index contributed by atoms with van der Waals surface area (Å²) in [6.07, 6.45) is -1.27. The van der Waals surface area contributed by atoms with Crippen LogP contribution in [0, 0.1) is 0 Å². The number of alkyl halides is 3. The van der Waals surface area contributed by atoms with Gasteiger partial charge in [-0.15, -0.1) is 10.2 Å². The van der Waals surface area contributed by atoms with E-state index in [1.807, 2.05) is 18.2 Å². The van der Waals surface area contributed by atoms with E-state index in [1.54, 1.807) is 41.2 Å². The van der Waals surface area contributed by atoms with E-state index in [4.69, 9.17) is 0 Å². The summed E-state index contributed by atoms with van der Waals surface area (Å²) in [6.45, 7) is 0. The Balaban J connectivity index is 1.62. The van der Waals surface area contributed by atoms with Crippen LogP contribution in [0.1, 0.15) is 5.56 Å². The molecule has 2 aromatic carbocycles. The maximum absolute atomic E-state index is 13.0. The zero-order valence-electron chi connectivity index (χ0n) is 16.5. The molecule has 0 saturated carbocycles. The molecule has 10 heteroatoms. The fourth-order valence-electron chi connectivity index (χ4n) is 2.93. The van der Waals surface area contributed by atoms with Gasteiger partial charge in [-0.2, -0.15) is 13.2 Å². The Morgan fingerprint density at radius 1 is 0.938 bits per heavy atom. The topological polar surface area (TPSA) is 72.7 Å². The number of carbonyl (C=O) groups excluding carboxylic acids is 1. The van der Waals surface area contributed by atoms with E-state index in [9.17, 15) is 18.0 Å². The third-order valence-electron chi connectivity index (χ3n) is 4.41. The van der Waals surface area contributed by atoms with Crippen molar-refractivity contribution in [1.82, 2.24) is 19.7 Å². The van der Waals surface area contributed by atoms with Crippen LogP contribution in [0.25, 0.3) is 17.1 Å². The lowest BCUT2D eigenvalue weighted by atomic mass is 10.2. The molecule has 6 nitrogen and oxygen atoms in total. The molecular formula is C22H16F3N5OS. The van der Waals surface area contributed by atoms with E-state index in [0.29, 0.717) is 27.9 Å². The van der Waals surface area contributed by atoms with Crippen LogP contribution in [-0.4, -0.2) is 31.4 Å². The van der Waals surface area contributed by atoms with E-state index in [0.717, 1.165) is 23.9 Å². The number of para-hydroxylation sites is 1. The molecule has 2 aromatic heterocycles. The number of rotatable bonds is 6. The van der Waals surface area contributed by atoms with Crippen LogP contribution in [0.4, 0.5) is 18.9 Å². The van der Waals surface area contributed by atoms with Crippen LogP contribution < -0.4 is 5.32 Å². The maximum atomic E-state index is 13.0. The van der Waals surface area contributed by atoms with Crippen LogP contribution in [0.3, 0.4) is 0 Å². The van der Waals surface area contributed by atoms with Crippen LogP contribution in [0.2, 0.25) is 0 Å². The molecule has 0 radical (unpaired) electrons. The van der Waals surface area contributed by atoms with Gasteiger partial charge in [-0.05, 0) is 48.5 Å². The number of halogens is 3. The SMILES string of the molecule is O=C(CSc1nnc(-c2ccncc2)n1-c1ccc(C(F)(F)F)cc1)Nc1ccccc1. The van der Waals surface area contributed by atoms with Gasteiger partial charge in [0.1, 0.15) is 0 Å². The molecule has 0 aliphatic carbocycles. The van der Waals surface area contributed by atoms with E-state index in [1.165, 1.54) is 12.1 Å². The highest BCUT2D eigenvalue weighted by Gasteiger charge is 2.30. The zero-order valence-corrected chi connectivity index (χ0v) is 17.3. The van der Waals surface area contributed by atoms with E-state index in [-0.39, 0.29) is 11.7 Å². The van der Waals surface area contributed by atoms with Gasteiger partial charge in [0, 0.05) is 29.3 Å². The molecule has 4 rings (SSSR count). The number of nitrogens with one attached hydrogen (secondary N) is 1. The standard InChI is InChI=1S/C22H16F3N5OS/c23-22(24,25)16-6-8-18(9-7-16)30-20(15-10-12-26-13-11-15)28-29-21(30)32-14-19(31)27-17-4-2-1-3-5-17/h1-13H,14H2,(H,27,31). The number of benzene rings is 2. The van der Waals surface area contributed by atoms with Crippen molar-refractivity contribution in [2.45, 2.75) is 11.3 Å². The molecule has 4 aromatic rings. The predicted molar refractivity (Wildman–Crippen MR) is 115 cm³/mol. The predicted octanol–water partition coefficient (Wildman–Crippen LogP) is 5.08. The molecule has 0 fully saturated rings. The van der Waals surface area contributed by atoms with Gasteiger partial charge in [-0.1, -0.05) is 30.0 Å². The van der Waals surface area contributed by atoms with Crippen LogP contribution >= 0.6 is 11.8 Å². The molecule has 0 aliphatic rings. The van der Waals surface area contributed by atoms with Gasteiger partial charge in [-0.25, -0.2) is 0 Å². The van der Waals surface area contributed by atoms with E-state index in [2.05, 4.69) is 20.5 Å². The highest BCUT2D eigenvalue weighted by molar-refractivity contribution is 7.99. The molecule has 32 heavy (non-hydrogen) atoms. The Kier molecular flexibility index (Phi) is 6.22. The fraction of sp³-hybridized carbons (Fsp3) is 0.0909. The van der Waals surface area contributed by atoms with Crippen molar-refractivity contribution >= 4 is 23.4 Å². The summed E-state index contributed by atoms with van der Waals surface area (Å²) in [5.74, 6) is 0.232. The Morgan fingerprint density at radius 2 is 1.62 bits per heavy atom. The van der Waals surface area contributed by atoms with Gasteiger partial charge in [0.05, 0.1) is 11.3 Å². The molecule has 2 heterocycles. The number of amides is 1. The number of pyridine rings is 1. The highest BCUT2D eigenvalue weighted by atomic mass is 32.2. The lowest BCUT2D eigenvalue weighted by Gasteiger charge is -2.12. The van der Waals surface area contributed by atoms with Crippen molar-refractivity contribution < 1.29 is 18.0 Å². The summed E-state index contributed by atoms with van der Waals surface area (Å²) in [5, 5.41) is 11.5. The second kappa shape index (κ2) is 9.23. The largest absolute Gasteiger partial charge is 0.416 e. The molecule has 0 bridgehead atoms. The van der Waals surface area contributed by atoms with E-state index >= 15 is 0 Å². The van der Waals surface area contributed by atoms with Gasteiger partial charge in [0.2, 0.25) is 5.91 Å². The number of carbonyl (C=O) groups is 1. The molecule has 0 atom stereocenters. The Morgan fingerprint density at radius 3 is 2.28 bits per heavy atom. The molecule has 0 unspecified atom stereocenters. The summed E-state index contributed by atoms with van der Waals surface area (Å²) in [7, 11) is 0. The summed E-state index contributed by atoms with van der Waals surface area (Å²) in [4.78, 5) is 16.3. The second-order valence-electron chi connectivity index (χ2n) is 6.62. The first-order valence-corrected chi connectivity index (χ1v) is 10.4. The Hall–Kier alpha value is -3.66. The monoisotopic (exact) mass is 455 g/mol. The minimum Gasteiger partial charge on any atom is -0.325 e. The smallest absolute Gasteiger partial charge is 0.325 e. The maximum Gasteiger partial charge on any atom is 0.416 e.